The molecule has 1 heterocycles. The molecule has 1 aromatic rings. The molecule has 1 N–H and O–H groups in total. The van der Waals surface area contributed by atoms with Crippen molar-refractivity contribution in [2.75, 3.05) is 13.2 Å². The van der Waals surface area contributed by atoms with Crippen LogP contribution >= 0.6 is 0 Å². The van der Waals surface area contributed by atoms with Gasteiger partial charge in [0, 0.05) is 19.0 Å². The van der Waals surface area contributed by atoms with Gasteiger partial charge in [-0.25, -0.2) is 0 Å². The number of nitrogens with one attached hydrogen (secondary N) is 1. The number of ether oxygens (including phenoxy) is 1. The van der Waals surface area contributed by atoms with Gasteiger partial charge in [-0.05, 0) is 31.9 Å². The topological polar surface area (TPSA) is 34.4 Å². The Bertz CT molecular complexity index is 291. The molecule has 1 saturated carbocycles. The zero-order chi connectivity index (χ0) is 11.9. The molecule has 0 aromatic carbocycles. The third-order valence-corrected chi connectivity index (χ3v) is 3.34. The van der Waals surface area contributed by atoms with Crippen molar-refractivity contribution in [3.05, 3.63) is 24.2 Å². The first kappa shape index (κ1) is 12.7. The van der Waals surface area contributed by atoms with Crippen LogP contribution in [0, 0.1) is 0 Å². The summed E-state index contributed by atoms with van der Waals surface area (Å²) < 4.78 is 11.1. The van der Waals surface area contributed by atoms with Crippen molar-refractivity contribution in [1.29, 1.82) is 0 Å². The summed E-state index contributed by atoms with van der Waals surface area (Å²) in [6.07, 6.45) is 8.38. The van der Waals surface area contributed by atoms with E-state index in [2.05, 4.69) is 12.2 Å². The summed E-state index contributed by atoms with van der Waals surface area (Å²) in [4.78, 5) is 0. The lowest BCUT2D eigenvalue weighted by Gasteiger charge is -2.15. The highest BCUT2D eigenvalue weighted by molar-refractivity contribution is 4.99. The molecule has 0 bridgehead atoms. The van der Waals surface area contributed by atoms with Crippen LogP contribution in [-0.2, 0) is 11.2 Å². The van der Waals surface area contributed by atoms with Crippen LogP contribution in [0.25, 0.3) is 0 Å². The van der Waals surface area contributed by atoms with Gasteiger partial charge in [0.05, 0.1) is 19.0 Å². The Morgan fingerprint density at radius 1 is 1.47 bits per heavy atom. The van der Waals surface area contributed by atoms with E-state index in [9.17, 15) is 0 Å². The van der Waals surface area contributed by atoms with Crippen LogP contribution < -0.4 is 5.32 Å². The molecule has 96 valence electrons. The van der Waals surface area contributed by atoms with Crippen LogP contribution in [-0.4, -0.2) is 25.3 Å². The molecule has 17 heavy (non-hydrogen) atoms. The van der Waals surface area contributed by atoms with Crippen LogP contribution in [0.5, 0.6) is 0 Å². The monoisotopic (exact) mass is 237 g/mol. The minimum Gasteiger partial charge on any atom is -0.469 e. The van der Waals surface area contributed by atoms with Crippen LogP contribution in [0.2, 0.25) is 0 Å². The molecule has 0 amide bonds. The average Bonchev–Trinajstić information content (AvgIpc) is 2.96. The smallest absolute Gasteiger partial charge is 0.105 e. The van der Waals surface area contributed by atoms with E-state index < -0.39 is 0 Å². The number of furan rings is 1. The normalized spacial score (nSPS) is 18.6. The van der Waals surface area contributed by atoms with Crippen molar-refractivity contribution < 1.29 is 9.15 Å². The van der Waals surface area contributed by atoms with Gasteiger partial charge in [-0.3, -0.25) is 0 Å². The summed E-state index contributed by atoms with van der Waals surface area (Å²) in [5, 5.41) is 3.46. The second kappa shape index (κ2) is 6.82. The molecule has 1 atom stereocenters. The first-order valence-corrected chi connectivity index (χ1v) is 6.72. The van der Waals surface area contributed by atoms with E-state index in [1.54, 1.807) is 6.26 Å². The second-order valence-corrected chi connectivity index (χ2v) is 4.92. The molecule has 2 rings (SSSR count). The Hall–Kier alpha value is -0.800. The average molecular weight is 237 g/mol. The van der Waals surface area contributed by atoms with Crippen molar-refractivity contribution in [3.8, 4) is 0 Å². The third-order valence-electron chi connectivity index (χ3n) is 3.34. The summed E-state index contributed by atoms with van der Waals surface area (Å²) in [7, 11) is 0. The van der Waals surface area contributed by atoms with Crippen molar-refractivity contribution in [3.63, 3.8) is 0 Å². The molecule has 1 aromatic heterocycles. The summed E-state index contributed by atoms with van der Waals surface area (Å²) in [5.41, 5.74) is 0. The van der Waals surface area contributed by atoms with Crippen molar-refractivity contribution in [1.82, 2.24) is 5.32 Å². The predicted molar refractivity (Wildman–Crippen MR) is 68.1 cm³/mol. The number of hydrogen-bond acceptors (Lipinski definition) is 3. The highest BCUT2D eigenvalue weighted by Crippen LogP contribution is 2.20. The van der Waals surface area contributed by atoms with Gasteiger partial charge < -0.3 is 14.5 Å². The highest BCUT2D eigenvalue weighted by atomic mass is 16.5. The molecule has 1 aliphatic carbocycles. The standard InChI is InChI=1S/C14H23NO2/c1-12(11-14-7-4-9-16-14)15-8-10-17-13-5-2-3-6-13/h4,7,9,12-13,15H,2-3,5-6,8,10-11H2,1H3. The fraction of sp³-hybridized carbons (Fsp3) is 0.714. The summed E-state index contributed by atoms with van der Waals surface area (Å²) in [6.45, 7) is 3.93. The Morgan fingerprint density at radius 2 is 2.29 bits per heavy atom. The van der Waals surface area contributed by atoms with Gasteiger partial charge in [0.15, 0.2) is 0 Å². The van der Waals surface area contributed by atoms with Gasteiger partial charge in [0.2, 0.25) is 0 Å². The summed E-state index contributed by atoms with van der Waals surface area (Å²) >= 11 is 0. The minimum absolute atomic E-state index is 0.438. The second-order valence-electron chi connectivity index (χ2n) is 4.92. The Kier molecular flexibility index (Phi) is 5.08. The van der Waals surface area contributed by atoms with Crippen molar-refractivity contribution in [2.24, 2.45) is 0 Å². The SMILES string of the molecule is CC(Cc1ccco1)NCCOC1CCCC1. The molecule has 1 unspecified atom stereocenters. The lowest BCUT2D eigenvalue weighted by atomic mass is 10.2. The van der Waals surface area contributed by atoms with Gasteiger partial charge in [-0.2, -0.15) is 0 Å². The first-order chi connectivity index (χ1) is 8.34. The van der Waals surface area contributed by atoms with Gasteiger partial charge in [-0.15, -0.1) is 0 Å². The first-order valence-electron chi connectivity index (χ1n) is 6.72. The number of hydrogen-bond donors (Lipinski definition) is 1. The molecular weight excluding hydrogens is 214 g/mol. The van der Waals surface area contributed by atoms with Crippen LogP contribution in [0.15, 0.2) is 22.8 Å². The number of rotatable bonds is 7. The Labute approximate surface area is 104 Å². The van der Waals surface area contributed by atoms with E-state index in [0.29, 0.717) is 12.1 Å². The van der Waals surface area contributed by atoms with Crippen LogP contribution in [0.3, 0.4) is 0 Å². The molecule has 1 aliphatic rings. The van der Waals surface area contributed by atoms with E-state index >= 15 is 0 Å². The molecule has 0 radical (unpaired) electrons. The van der Waals surface area contributed by atoms with E-state index in [4.69, 9.17) is 9.15 Å². The Balaban J connectivity index is 1.52. The van der Waals surface area contributed by atoms with Gasteiger partial charge in [0.1, 0.15) is 5.76 Å². The fourth-order valence-corrected chi connectivity index (χ4v) is 2.39. The highest BCUT2D eigenvalue weighted by Gasteiger charge is 2.14. The van der Waals surface area contributed by atoms with Crippen LogP contribution in [0.1, 0.15) is 38.4 Å². The fourth-order valence-electron chi connectivity index (χ4n) is 2.39. The lowest BCUT2D eigenvalue weighted by Crippen LogP contribution is -2.31. The molecule has 1 fully saturated rings. The Morgan fingerprint density at radius 3 is 3.00 bits per heavy atom. The van der Waals surface area contributed by atoms with Crippen molar-refractivity contribution >= 4 is 0 Å². The van der Waals surface area contributed by atoms with Crippen LogP contribution in [0.4, 0.5) is 0 Å². The summed E-state index contributed by atoms with van der Waals surface area (Å²) in [6, 6.07) is 4.40. The van der Waals surface area contributed by atoms with Gasteiger partial charge in [-0.1, -0.05) is 12.8 Å². The lowest BCUT2D eigenvalue weighted by molar-refractivity contribution is 0.0593. The zero-order valence-corrected chi connectivity index (χ0v) is 10.7. The van der Waals surface area contributed by atoms with E-state index in [-0.39, 0.29) is 0 Å². The molecule has 0 saturated heterocycles. The molecule has 0 aliphatic heterocycles. The zero-order valence-electron chi connectivity index (χ0n) is 10.7. The molecule has 0 spiro atoms. The van der Waals surface area contributed by atoms with E-state index in [1.807, 2.05) is 12.1 Å². The van der Waals surface area contributed by atoms with Gasteiger partial charge >= 0.3 is 0 Å². The van der Waals surface area contributed by atoms with Gasteiger partial charge in [0.25, 0.3) is 0 Å². The van der Waals surface area contributed by atoms with E-state index in [1.165, 1.54) is 25.7 Å². The molecule has 3 heteroatoms. The maximum atomic E-state index is 5.80. The maximum absolute atomic E-state index is 5.80. The third kappa shape index (κ3) is 4.52. The minimum atomic E-state index is 0.438. The van der Waals surface area contributed by atoms with E-state index in [0.717, 1.165) is 25.3 Å². The molecule has 3 nitrogen and oxygen atoms in total. The maximum Gasteiger partial charge on any atom is 0.105 e. The van der Waals surface area contributed by atoms with Crippen molar-refractivity contribution in [2.45, 2.75) is 51.2 Å². The predicted octanol–water partition coefficient (Wildman–Crippen LogP) is 2.76. The molecular formula is C14H23NO2. The summed E-state index contributed by atoms with van der Waals surface area (Å²) in [5.74, 6) is 1.04. The largest absolute Gasteiger partial charge is 0.469 e. The quantitative estimate of drug-likeness (QED) is 0.740.